The Morgan fingerprint density at radius 2 is 1.88 bits per heavy atom. The van der Waals surface area contributed by atoms with Crippen LogP contribution in [0.3, 0.4) is 0 Å². The third-order valence-electron chi connectivity index (χ3n) is 3.67. The summed E-state index contributed by atoms with van der Waals surface area (Å²) in [6.45, 7) is 3.81. The molecule has 0 unspecified atom stereocenters. The number of pyridine rings is 1. The zero-order valence-electron chi connectivity index (χ0n) is 15.7. The second-order valence-electron chi connectivity index (χ2n) is 5.40. The average Bonchev–Trinajstić information content (AvgIpc) is 2.70. The van der Waals surface area contributed by atoms with Crippen LogP contribution in [0.4, 0.5) is 0 Å². The molecule has 0 fully saturated rings. The molecule has 0 aliphatic rings. The molecule has 0 amide bonds. The van der Waals surface area contributed by atoms with Gasteiger partial charge < -0.3 is 24.8 Å². The van der Waals surface area contributed by atoms with Gasteiger partial charge in [0.25, 0.3) is 0 Å². The van der Waals surface area contributed by atoms with E-state index in [1.54, 1.807) is 21.3 Å². The third kappa shape index (κ3) is 5.54. The fraction of sp³-hybridized carbons (Fsp3) is 0.368. The van der Waals surface area contributed by atoms with Crippen molar-refractivity contribution in [3.8, 4) is 17.4 Å². The number of hydrogen-bond donors (Lipinski definition) is 2. The Morgan fingerprint density at radius 1 is 1.04 bits per heavy atom. The van der Waals surface area contributed by atoms with Crippen molar-refractivity contribution in [2.24, 2.45) is 4.99 Å². The lowest BCUT2D eigenvalue weighted by molar-refractivity contribution is 0.391. The van der Waals surface area contributed by atoms with Crippen LogP contribution in [-0.2, 0) is 13.1 Å². The van der Waals surface area contributed by atoms with E-state index in [1.807, 2.05) is 43.3 Å². The Bertz CT molecular complexity index is 734. The summed E-state index contributed by atoms with van der Waals surface area (Å²) in [6.07, 6.45) is 0. The molecule has 26 heavy (non-hydrogen) atoms. The fourth-order valence-electron chi connectivity index (χ4n) is 2.33. The summed E-state index contributed by atoms with van der Waals surface area (Å²) in [4.78, 5) is 9.01. The molecular formula is C19H26N4O3. The zero-order valence-corrected chi connectivity index (χ0v) is 15.7. The maximum Gasteiger partial charge on any atom is 0.213 e. The first-order valence-electron chi connectivity index (χ1n) is 8.43. The molecule has 0 radical (unpaired) electrons. The predicted molar refractivity (Wildman–Crippen MR) is 102 cm³/mol. The summed E-state index contributed by atoms with van der Waals surface area (Å²) in [7, 11) is 4.87. The van der Waals surface area contributed by atoms with Crippen LogP contribution in [-0.4, -0.2) is 38.8 Å². The summed E-state index contributed by atoms with van der Waals surface area (Å²) in [5.74, 6) is 2.80. The van der Waals surface area contributed by atoms with Crippen LogP contribution < -0.4 is 24.8 Å². The number of guanidine groups is 1. The Morgan fingerprint density at radius 3 is 2.58 bits per heavy atom. The molecule has 2 N–H and O–H groups in total. The van der Waals surface area contributed by atoms with Gasteiger partial charge >= 0.3 is 0 Å². The van der Waals surface area contributed by atoms with Gasteiger partial charge in [0, 0.05) is 24.2 Å². The lowest BCUT2D eigenvalue weighted by Crippen LogP contribution is -2.37. The second kappa shape index (κ2) is 10.1. The molecule has 0 aliphatic heterocycles. The second-order valence-corrected chi connectivity index (χ2v) is 5.40. The van der Waals surface area contributed by atoms with Gasteiger partial charge in [0.05, 0.1) is 40.1 Å². The standard InChI is InChI=1S/C19H26N4O3/c1-5-20-19(22-13-15-7-6-8-18(23-15)26-4)21-12-14-9-10-16(24-2)11-17(14)25-3/h6-11H,5,12-13H2,1-4H3,(H2,20,21,22). The van der Waals surface area contributed by atoms with Crippen LogP contribution in [0.15, 0.2) is 41.4 Å². The average molecular weight is 358 g/mol. The van der Waals surface area contributed by atoms with Crippen molar-refractivity contribution in [3.05, 3.63) is 47.7 Å². The molecule has 0 aliphatic carbocycles. The summed E-state index contributed by atoms with van der Waals surface area (Å²) in [5.41, 5.74) is 1.85. The number of aromatic nitrogens is 1. The molecule has 7 nitrogen and oxygen atoms in total. The molecule has 0 saturated heterocycles. The number of rotatable bonds is 8. The van der Waals surface area contributed by atoms with Crippen molar-refractivity contribution in [3.63, 3.8) is 0 Å². The van der Waals surface area contributed by atoms with E-state index in [0.717, 1.165) is 29.3 Å². The van der Waals surface area contributed by atoms with Crippen molar-refractivity contribution in [2.75, 3.05) is 27.9 Å². The van der Waals surface area contributed by atoms with Crippen molar-refractivity contribution >= 4 is 5.96 Å². The van der Waals surface area contributed by atoms with Crippen LogP contribution in [0.5, 0.6) is 17.4 Å². The summed E-state index contributed by atoms with van der Waals surface area (Å²) in [6, 6.07) is 11.4. The minimum absolute atomic E-state index is 0.480. The molecule has 2 aromatic rings. The van der Waals surface area contributed by atoms with E-state index in [9.17, 15) is 0 Å². The van der Waals surface area contributed by atoms with Crippen LogP contribution in [0.2, 0.25) is 0 Å². The maximum absolute atomic E-state index is 5.42. The van der Waals surface area contributed by atoms with Crippen LogP contribution in [0.1, 0.15) is 18.2 Å². The highest BCUT2D eigenvalue weighted by Crippen LogP contribution is 2.25. The first-order valence-corrected chi connectivity index (χ1v) is 8.43. The zero-order chi connectivity index (χ0) is 18.8. The van der Waals surface area contributed by atoms with E-state index < -0.39 is 0 Å². The Balaban J connectivity index is 2.06. The molecule has 0 saturated carbocycles. The van der Waals surface area contributed by atoms with Crippen LogP contribution in [0.25, 0.3) is 0 Å². The summed E-state index contributed by atoms with van der Waals surface area (Å²) in [5, 5.41) is 6.50. The van der Waals surface area contributed by atoms with E-state index in [2.05, 4.69) is 20.6 Å². The van der Waals surface area contributed by atoms with Gasteiger partial charge in [-0.15, -0.1) is 0 Å². The quantitative estimate of drug-likeness (QED) is 0.557. The van der Waals surface area contributed by atoms with Crippen molar-refractivity contribution in [1.82, 2.24) is 15.6 Å². The van der Waals surface area contributed by atoms with Gasteiger partial charge in [-0.1, -0.05) is 6.07 Å². The smallest absolute Gasteiger partial charge is 0.213 e. The van der Waals surface area contributed by atoms with E-state index in [-0.39, 0.29) is 0 Å². The van der Waals surface area contributed by atoms with Gasteiger partial charge in [-0.05, 0) is 25.1 Å². The van der Waals surface area contributed by atoms with E-state index >= 15 is 0 Å². The molecule has 0 bridgehead atoms. The fourth-order valence-corrected chi connectivity index (χ4v) is 2.33. The van der Waals surface area contributed by atoms with Gasteiger partial charge in [0.1, 0.15) is 11.5 Å². The SMILES string of the molecule is CCNC(=NCc1ccc(OC)cc1OC)NCc1cccc(OC)n1. The molecule has 1 aromatic heterocycles. The predicted octanol–water partition coefficient (Wildman–Crippen LogP) is 2.36. The minimum Gasteiger partial charge on any atom is -0.497 e. The van der Waals surface area contributed by atoms with E-state index in [1.165, 1.54) is 0 Å². The van der Waals surface area contributed by atoms with Gasteiger partial charge in [0.15, 0.2) is 5.96 Å². The molecule has 2 rings (SSSR count). The van der Waals surface area contributed by atoms with E-state index in [0.29, 0.717) is 24.9 Å². The highest BCUT2D eigenvalue weighted by molar-refractivity contribution is 5.79. The van der Waals surface area contributed by atoms with Crippen molar-refractivity contribution < 1.29 is 14.2 Å². The number of benzene rings is 1. The van der Waals surface area contributed by atoms with Crippen LogP contribution in [0, 0.1) is 0 Å². The van der Waals surface area contributed by atoms with Crippen LogP contribution >= 0.6 is 0 Å². The molecular weight excluding hydrogens is 332 g/mol. The minimum atomic E-state index is 0.480. The van der Waals surface area contributed by atoms with Crippen molar-refractivity contribution in [1.29, 1.82) is 0 Å². The maximum atomic E-state index is 5.42. The molecule has 0 spiro atoms. The largest absolute Gasteiger partial charge is 0.497 e. The normalized spacial score (nSPS) is 11.0. The molecule has 1 heterocycles. The van der Waals surface area contributed by atoms with Gasteiger partial charge in [-0.3, -0.25) is 0 Å². The van der Waals surface area contributed by atoms with Crippen molar-refractivity contribution in [2.45, 2.75) is 20.0 Å². The first-order chi connectivity index (χ1) is 12.7. The highest BCUT2D eigenvalue weighted by atomic mass is 16.5. The third-order valence-corrected chi connectivity index (χ3v) is 3.67. The Kier molecular flexibility index (Phi) is 7.54. The van der Waals surface area contributed by atoms with Gasteiger partial charge in [-0.2, -0.15) is 0 Å². The monoisotopic (exact) mass is 358 g/mol. The highest BCUT2D eigenvalue weighted by Gasteiger charge is 2.06. The number of ether oxygens (including phenoxy) is 3. The van der Waals surface area contributed by atoms with E-state index in [4.69, 9.17) is 14.2 Å². The Labute approximate surface area is 154 Å². The molecule has 140 valence electrons. The number of nitrogens with zero attached hydrogens (tertiary/aromatic N) is 2. The lowest BCUT2D eigenvalue weighted by Gasteiger charge is -2.13. The van der Waals surface area contributed by atoms with Gasteiger partial charge in [-0.25, -0.2) is 9.98 Å². The molecule has 1 aromatic carbocycles. The number of hydrogen-bond acceptors (Lipinski definition) is 5. The lowest BCUT2D eigenvalue weighted by atomic mass is 10.2. The summed E-state index contributed by atoms with van der Waals surface area (Å²) < 4.78 is 15.8. The summed E-state index contributed by atoms with van der Waals surface area (Å²) >= 11 is 0. The number of methoxy groups -OCH3 is 3. The molecule has 0 atom stereocenters. The first kappa shape index (κ1) is 19.4. The topological polar surface area (TPSA) is 77.0 Å². The number of nitrogens with one attached hydrogen (secondary N) is 2. The number of aliphatic imine (C=N–C) groups is 1. The van der Waals surface area contributed by atoms with Gasteiger partial charge in [0.2, 0.25) is 5.88 Å². The Hall–Kier alpha value is -2.96. The molecule has 7 heteroatoms.